The third-order valence-corrected chi connectivity index (χ3v) is 7.30. The number of hydrogen-bond acceptors (Lipinski definition) is 4. The molecule has 0 saturated carbocycles. The van der Waals surface area contributed by atoms with Crippen molar-refractivity contribution in [2.75, 3.05) is 44.2 Å². The lowest BCUT2D eigenvalue weighted by atomic mass is 10.0. The van der Waals surface area contributed by atoms with E-state index in [4.69, 9.17) is 4.74 Å². The molecule has 2 aliphatic heterocycles. The van der Waals surface area contributed by atoms with E-state index in [9.17, 15) is 4.79 Å². The van der Waals surface area contributed by atoms with Crippen molar-refractivity contribution in [1.82, 2.24) is 14.8 Å². The normalized spacial score (nSPS) is 16.6. The lowest BCUT2D eigenvalue weighted by Gasteiger charge is -2.36. The number of amides is 1. The van der Waals surface area contributed by atoms with Crippen LogP contribution in [0, 0.1) is 0 Å². The highest BCUT2D eigenvalue weighted by Gasteiger charge is 2.20. The van der Waals surface area contributed by atoms with Gasteiger partial charge in [-0.25, -0.2) is 4.79 Å². The molecule has 0 aliphatic carbocycles. The summed E-state index contributed by atoms with van der Waals surface area (Å²) in [6.07, 6.45) is 7.57. The number of piperazine rings is 1. The SMILES string of the molecule is CC(C)(C)NC(=O)n1cc(CCCCN2CCN(c3ccc4c(c3)CCCO4)CC2)c2ccccc21. The highest BCUT2D eigenvalue weighted by Crippen LogP contribution is 2.30. The zero-order valence-electron chi connectivity index (χ0n) is 22.1. The summed E-state index contributed by atoms with van der Waals surface area (Å²) in [7, 11) is 0. The van der Waals surface area contributed by atoms with Crippen molar-refractivity contribution >= 4 is 22.6 Å². The summed E-state index contributed by atoms with van der Waals surface area (Å²) < 4.78 is 7.56. The van der Waals surface area contributed by atoms with Gasteiger partial charge in [-0.15, -0.1) is 0 Å². The van der Waals surface area contributed by atoms with Crippen LogP contribution in [0.25, 0.3) is 10.9 Å². The molecule has 5 rings (SSSR count). The third-order valence-electron chi connectivity index (χ3n) is 7.30. The van der Waals surface area contributed by atoms with Gasteiger partial charge in [0.15, 0.2) is 0 Å². The van der Waals surface area contributed by atoms with Crippen molar-refractivity contribution in [2.45, 2.75) is 58.4 Å². The van der Waals surface area contributed by atoms with Gasteiger partial charge in [0, 0.05) is 49.0 Å². The Bertz CT molecular complexity index is 1200. The summed E-state index contributed by atoms with van der Waals surface area (Å²) in [6, 6.07) is 14.9. The number of aryl methyl sites for hydroxylation is 2. The van der Waals surface area contributed by atoms with Crippen LogP contribution in [0.5, 0.6) is 5.75 Å². The van der Waals surface area contributed by atoms with E-state index in [0.29, 0.717) is 0 Å². The number of nitrogens with zero attached hydrogens (tertiary/aromatic N) is 3. The lowest BCUT2D eigenvalue weighted by Crippen LogP contribution is -2.46. The maximum absolute atomic E-state index is 12.9. The van der Waals surface area contributed by atoms with E-state index in [1.165, 1.54) is 28.6 Å². The van der Waals surface area contributed by atoms with Crippen LogP contribution in [0.15, 0.2) is 48.7 Å². The van der Waals surface area contributed by atoms with E-state index in [2.05, 4.69) is 45.4 Å². The fourth-order valence-corrected chi connectivity index (χ4v) is 5.42. The fraction of sp³-hybridized carbons (Fsp3) is 0.500. The maximum Gasteiger partial charge on any atom is 0.326 e. The molecule has 0 bridgehead atoms. The number of carbonyl (C=O) groups is 1. The van der Waals surface area contributed by atoms with Gasteiger partial charge < -0.3 is 15.0 Å². The fourth-order valence-electron chi connectivity index (χ4n) is 5.42. The van der Waals surface area contributed by atoms with Gasteiger partial charge in [0.1, 0.15) is 5.75 Å². The van der Waals surface area contributed by atoms with Crippen molar-refractivity contribution in [3.63, 3.8) is 0 Å². The molecule has 0 radical (unpaired) electrons. The number of benzene rings is 2. The molecule has 1 saturated heterocycles. The monoisotopic (exact) mass is 488 g/mol. The first-order valence-electron chi connectivity index (χ1n) is 13.5. The van der Waals surface area contributed by atoms with Crippen LogP contribution in [-0.4, -0.2) is 60.4 Å². The molecule has 192 valence electrons. The van der Waals surface area contributed by atoms with Crippen molar-refractivity contribution in [3.8, 4) is 5.75 Å². The van der Waals surface area contributed by atoms with Crippen LogP contribution in [0.2, 0.25) is 0 Å². The summed E-state index contributed by atoms with van der Waals surface area (Å²) in [4.78, 5) is 18.0. The molecule has 1 fully saturated rings. The summed E-state index contributed by atoms with van der Waals surface area (Å²) in [5.41, 5.74) is 4.68. The second-order valence-corrected chi connectivity index (χ2v) is 11.3. The largest absolute Gasteiger partial charge is 0.493 e. The first-order valence-corrected chi connectivity index (χ1v) is 13.5. The van der Waals surface area contributed by atoms with Gasteiger partial charge in [0.25, 0.3) is 0 Å². The summed E-state index contributed by atoms with van der Waals surface area (Å²) >= 11 is 0. The Kier molecular flexibility index (Phi) is 7.24. The molecular formula is C30H40N4O2. The first kappa shape index (κ1) is 24.7. The second-order valence-electron chi connectivity index (χ2n) is 11.3. The van der Waals surface area contributed by atoms with Gasteiger partial charge in [-0.2, -0.15) is 0 Å². The maximum atomic E-state index is 12.9. The molecule has 3 aromatic rings. The number of nitrogens with one attached hydrogen (secondary N) is 1. The molecule has 3 heterocycles. The average Bonchev–Trinajstić information content (AvgIpc) is 3.25. The Morgan fingerprint density at radius 3 is 2.64 bits per heavy atom. The topological polar surface area (TPSA) is 49.7 Å². The van der Waals surface area contributed by atoms with Gasteiger partial charge >= 0.3 is 6.03 Å². The Hall–Kier alpha value is -2.99. The smallest absolute Gasteiger partial charge is 0.326 e. The number of fused-ring (bicyclic) bond motifs is 2. The number of rotatable bonds is 6. The van der Waals surface area contributed by atoms with E-state index in [1.807, 2.05) is 39.1 Å². The molecule has 6 heteroatoms. The average molecular weight is 489 g/mol. The Balaban J connectivity index is 1.11. The molecule has 0 spiro atoms. The van der Waals surface area contributed by atoms with Crippen LogP contribution in [0.1, 0.15) is 51.2 Å². The minimum absolute atomic E-state index is 0.0609. The number of para-hydroxylation sites is 1. The van der Waals surface area contributed by atoms with E-state index in [-0.39, 0.29) is 11.6 Å². The Morgan fingerprint density at radius 1 is 1.03 bits per heavy atom. The number of anilines is 1. The molecule has 0 atom stereocenters. The molecule has 1 N–H and O–H groups in total. The van der Waals surface area contributed by atoms with Crippen molar-refractivity contribution in [1.29, 1.82) is 0 Å². The van der Waals surface area contributed by atoms with Crippen LogP contribution >= 0.6 is 0 Å². The molecule has 1 amide bonds. The summed E-state index contributed by atoms with van der Waals surface area (Å²) in [5, 5.41) is 4.27. The molecule has 36 heavy (non-hydrogen) atoms. The number of carbonyl (C=O) groups excluding carboxylic acids is 1. The van der Waals surface area contributed by atoms with Gasteiger partial charge in [0.2, 0.25) is 0 Å². The lowest BCUT2D eigenvalue weighted by molar-refractivity contribution is 0.234. The van der Waals surface area contributed by atoms with Gasteiger partial charge in [-0.05, 0) is 94.8 Å². The number of unbranched alkanes of at least 4 members (excludes halogenated alkanes) is 1. The highest BCUT2D eigenvalue weighted by atomic mass is 16.5. The zero-order valence-corrected chi connectivity index (χ0v) is 22.1. The standard InChI is InChI=1S/C30H40N4O2/c1-30(2,3)31-29(35)34-22-24(26-11-4-5-12-27(26)34)9-6-7-15-32-16-18-33(19-17-32)25-13-14-28-23(21-25)10-8-20-36-28/h4-5,11-14,21-22H,6-10,15-20H2,1-3H3,(H,31,35). The van der Waals surface area contributed by atoms with E-state index in [0.717, 1.165) is 76.3 Å². The molecule has 2 aliphatic rings. The van der Waals surface area contributed by atoms with Gasteiger partial charge in [-0.3, -0.25) is 9.47 Å². The van der Waals surface area contributed by atoms with Crippen LogP contribution < -0.4 is 15.0 Å². The molecule has 1 aromatic heterocycles. The molecule has 0 unspecified atom stereocenters. The Morgan fingerprint density at radius 2 is 1.83 bits per heavy atom. The highest BCUT2D eigenvalue weighted by molar-refractivity contribution is 5.94. The quantitative estimate of drug-likeness (QED) is 0.468. The number of hydrogen-bond donors (Lipinski definition) is 1. The second kappa shape index (κ2) is 10.6. The molecule has 6 nitrogen and oxygen atoms in total. The third kappa shape index (κ3) is 5.70. The van der Waals surface area contributed by atoms with Gasteiger partial charge in [-0.1, -0.05) is 18.2 Å². The predicted octanol–water partition coefficient (Wildman–Crippen LogP) is 5.47. The van der Waals surface area contributed by atoms with Crippen molar-refractivity contribution in [2.24, 2.45) is 0 Å². The van der Waals surface area contributed by atoms with Crippen molar-refractivity contribution < 1.29 is 9.53 Å². The summed E-state index contributed by atoms with van der Waals surface area (Å²) in [6.45, 7) is 12.4. The van der Waals surface area contributed by atoms with Crippen LogP contribution in [-0.2, 0) is 12.8 Å². The minimum atomic E-state index is -0.263. The number of ether oxygens (including phenoxy) is 1. The van der Waals surface area contributed by atoms with Crippen LogP contribution in [0.4, 0.5) is 10.5 Å². The predicted molar refractivity (Wildman–Crippen MR) is 147 cm³/mol. The number of aromatic nitrogens is 1. The molecular weight excluding hydrogens is 448 g/mol. The van der Waals surface area contributed by atoms with E-state index >= 15 is 0 Å². The van der Waals surface area contributed by atoms with E-state index < -0.39 is 0 Å². The van der Waals surface area contributed by atoms with Gasteiger partial charge in [0.05, 0.1) is 12.1 Å². The van der Waals surface area contributed by atoms with Crippen molar-refractivity contribution in [3.05, 3.63) is 59.8 Å². The minimum Gasteiger partial charge on any atom is -0.493 e. The van der Waals surface area contributed by atoms with Crippen LogP contribution in [0.3, 0.4) is 0 Å². The Labute approximate surface area is 215 Å². The van der Waals surface area contributed by atoms with E-state index in [1.54, 1.807) is 4.57 Å². The zero-order chi connectivity index (χ0) is 25.1. The summed E-state index contributed by atoms with van der Waals surface area (Å²) in [5.74, 6) is 1.07. The first-order chi connectivity index (χ1) is 17.4. The molecule has 2 aromatic carbocycles.